The first kappa shape index (κ1) is 34.0. The van der Waals surface area contributed by atoms with E-state index in [1.54, 1.807) is 31.2 Å². The number of hydrogen-bond donors (Lipinski definition) is 2. The van der Waals surface area contributed by atoms with Gasteiger partial charge in [-0.3, -0.25) is 19.7 Å². The van der Waals surface area contributed by atoms with Crippen molar-refractivity contribution in [1.82, 2.24) is 5.32 Å². The second-order valence-corrected chi connectivity index (χ2v) is 13.3. The molecule has 0 aliphatic heterocycles. The van der Waals surface area contributed by atoms with E-state index in [1.165, 1.54) is 12.1 Å². The lowest BCUT2D eigenvalue weighted by molar-refractivity contribution is -0.160. The molecule has 41 heavy (non-hydrogen) atoms. The van der Waals surface area contributed by atoms with Gasteiger partial charge in [-0.15, -0.1) is 0 Å². The van der Waals surface area contributed by atoms with Gasteiger partial charge in [0.15, 0.2) is 11.6 Å². The number of ketones is 3. The molecule has 0 unspecified atom stereocenters. The van der Waals surface area contributed by atoms with Crippen molar-refractivity contribution in [3.8, 4) is 5.75 Å². The number of aryl methyl sites for hydroxylation is 1. The molecule has 0 amide bonds. The summed E-state index contributed by atoms with van der Waals surface area (Å²) in [6.07, 6.45) is -0.165. The minimum absolute atomic E-state index is 0.0244. The second kappa shape index (κ2) is 15.3. The third-order valence-electron chi connectivity index (χ3n) is 7.69. The zero-order valence-corrected chi connectivity index (χ0v) is 27.5. The third kappa shape index (κ3) is 9.74. The van der Waals surface area contributed by atoms with Crippen LogP contribution in [0, 0.1) is 25.9 Å². The number of alkyl halides is 3. The van der Waals surface area contributed by atoms with Crippen LogP contribution in [0.2, 0.25) is 0 Å². The molecular weight excluding hydrogens is 761 g/mol. The van der Waals surface area contributed by atoms with E-state index in [-0.39, 0.29) is 36.5 Å². The van der Waals surface area contributed by atoms with Crippen LogP contribution in [0.15, 0.2) is 36.4 Å². The van der Waals surface area contributed by atoms with Gasteiger partial charge in [0.25, 0.3) is 0 Å². The molecule has 5 nitrogen and oxygen atoms in total. The van der Waals surface area contributed by atoms with E-state index >= 15 is 0 Å². The SMILES string of the molecule is CCC[C@H](CC(=O)[C@H](Cc1cc(I)c(O)c(I)c1)N[C@@H](c1ccc(C)cc1)C(F)(F)F)C(=O)C(=O)CC1CCCC1. The maximum atomic E-state index is 14.4. The maximum absolute atomic E-state index is 14.4. The first-order valence-corrected chi connectivity index (χ1v) is 16.1. The van der Waals surface area contributed by atoms with Crippen LogP contribution in [0.4, 0.5) is 13.2 Å². The van der Waals surface area contributed by atoms with Crippen molar-refractivity contribution in [2.24, 2.45) is 11.8 Å². The van der Waals surface area contributed by atoms with Crippen molar-refractivity contribution < 1.29 is 32.7 Å². The van der Waals surface area contributed by atoms with Gasteiger partial charge in [0.2, 0.25) is 5.78 Å². The maximum Gasteiger partial charge on any atom is 0.407 e. The highest BCUT2D eigenvalue weighted by Gasteiger charge is 2.43. The molecule has 3 atom stereocenters. The fourth-order valence-electron chi connectivity index (χ4n) is 5.44. The van der Waals surface area contributed by atoms with Gasteiger partial charge in [0.05, 0.1) is 13.2 Å². The van der Waals surface area contributed by atoms with Gasteiger partial charge in [-0.05, 0) is 94.1 Å². The fourth-order valence-corrected chi connectivity index (χ4v) is 7.34. The minimum Gasteiger partial charge on any atom is -0.506 e. The van der Waals surface area contributed by atoms with E-state index in [9.17, 15) is 32.7 Å². The van der Waals surface area contributed by atoms with Crippen LogP contribution in [-0.2, 0) is 20.8 Å². The zero-order chi connectivity index (χ0) is 30.3. The van der Waals surface area contributed by atoms with Crippen molar-refractivity contribution in [3.63, 3.8) is 0 Å². The van der Waals surface area contributed by atoms with E-state index in [4.69, 9.17) is 0 Å². The Labute approximate surface area is 266 Å². The Bertz CT molecular complexity index is 1200. The number of aromatic hydroxyl groups is 1. The Morgan fingerprint density at radius 1 is 1.05 bits per heavy atom. The Morgan fingerprint density at radius 2 is 1.63 bits per heavy atom. The summed E-state index contributed by atoms with van der Waals surface area (Å²) in [7, 11) is 0. The van der Waals surface area contributed by atoms with E-state index in [2.05, 4.69) is 5.32 Å². The van der Waals surface area contributed by atoms with Crippen LogP contribution in [0.3, 0.4) is 0 Å². The van der Waals surface area contributed by atoms with Gasteiger partial charge in [0.1, 0.15) is 11.8 Å². The quantitative estimate of drug-likeness (QED) is 0.151. The highest BCUT2D eigenvalue weighted by Crippen LogP contribution is 2.35. The van der Waals surface area contributed by atoms with Crippen LogP contribution < -0.4 is 5.32 Å². The summed E-state index contributed by atoms with van der Waals surface area (Å²) < 4.78 is 44.1. The Kier molecular flexibility index (Phi) is 12.6. The van der Waals surface area contributed by atoms with Gasteiger partial charge in [-0.2, -0.15) is 13.2 Å². The fraction of sp³-hybridized carbons (Fsp3) is 0.516. The number of benzene rings is 2. The van der Waals surface area contributed by atoms with Gasteiger partial charge >= 0.3 is 6.18 Å². The number of hydrogen-bond acceptors (Lipinski definition) is 5. The molecule has 0 heterocycles. The molecule has 1 aliphatic carbocycles. The van der Waals surface area contributed by atoms with Crippen molar-refractivity contribution in [2.75, 3.05) is 0 Å². The molecule has 0 aromatic heterocycles. The number of nitrogens with one attached hydrogen (secondary N) is 1. The number of halogens is 5. The molecular formula is C31H36F3I2NO4. The van der Waals surface area contributed by atoms with E-state index in [0.717, 1.165) is 31.2 Å². The molecule has 1 saturated carbocycles. The van der Waals surface area contributed by atoms with Crippen molar-refractivity contribution in [3.05, 3.63) is 60.2 Å². The van der Waals surface area contributed by atoms with Gasteiger partial charge < -0.3 is 5.11 Å². The standard InChI is InChI=1S/C31H36F3I2NO4/c1-3-6-22(28(40)27(39)16-19-7-4-5-8-19)17-26(38)25(15-20-13-23(35)29(41)24(36)14-20)37-30(31(32,33)34)21-11-9-18(2)10-12-21/h9-14,19,22,25,30,37,41H,3-8,15-17H2,1-2H3/t22-,25+,30+/m1/s1. The van der Waals surface area contributed by atoms with Crippen LogP contribution in [0.25, 0.3) is 0 Å². The van der Waals surface area contributed by atoms with E-state index in [1.807, 2.05) is 52.1 Å². The molecule has 0 spiro atoms. The number of phenols is 1. The number of carbonyl (C=O) groups is 3. The predicted octanol–water partition coefficient (Wildman–Crippen LogP) is 7.81. The largest absolute Gasteiger partial charge is 0.506 e. The smallest absolute Gasteiger partial charge is 0.407 e. The topological polar surface area (TPSA) is 83.5 Å². The summed E-state index contributed by atoms with van der Waals surface area (Å²) in [5.41, 5.74) is 1.35. The summed E-state index contributed by atoms with van der Waals surface area (Å²) in [5.74, 6) is -2.25. The van der Waals surface area contributed by atoms with E-state index in [0.29, 0.717) is 25.5 Å². The third-order valence-corrected chi connectivity index (χ3v) is 9.33. The number of Topliss-reactive ketones (excluding diaryl/α,β-unsaturated/α-hetero) is 3. The molecule has 3 rings (SSSR count). The summed E-state index contributed by atoms with van der Waals surface area (Å²) in [6.45, 7) is 3.62. The van der Waals surface area contributed by atoms with Crippen LogP contribution in [0.1, 0.15) is 81.0 Å². The number of carbonyl (C=O) groups excluding carboxylic acids is 3. The van der Waals surface area contributed by atoms with Gasteiger partial charge in [-0.1, -0.05) is 68.9 Å². The van der Waals surface area contributed by atoms with Gasteiger partial charge in [0, 0.05) is 18.8 Å². The number of rotatable bonds is 14. The lowest BCUT2D eigenvalue weighted by Gasteiger charge is -2.28. The molecule has 1 aliphatic rings. The monoisotopic (exact) mass is 797 g/mol. The molecule has 1 fully saturated rings. The van der Waals surface area contributed by atoms with Crippen molar-refractivity contribution in [1.29, 1.82) is 0 Å². The Balaban J connectivity index is 1.90. The minimum atomic E-state index is -4.69. The zero-order valence-electron chi connectivity index (χ0n) is 23.2. The average molecular weight is 797 g/mol. The Morgan fingerprint density at radius 3 is 2.17 bits per heavy atom. The molecule has 0 saturated heterocycles. The number of phenolic OH excluding ortho intramolecular Hbond substituents is 1. The van der Waals surface area contributed by atoms with Gasteiger partial charge in [-0.25, -0.2) is 0 Å². The molecule has 2 N–H and O–H groups in total. The molecule has 2 aromatic rings. The molecule has 0 bridgehead atoms. The van der Waals surface area contributed by atoms with Crippen molar-refractivity contribution >= 4 is 62.5 Å². The van der Waals surface area contributed by atoms with E-state index < -0.39 is 41.5 Å². The molecule has 2 aromatic carbocycles. The average Bonchev–Trinajstić information content (AvgIpc) is 3.41. The second-order valence-electron chi connectivity index (χ2n) is 11.0. The molecule has 0 radical (unpaired) electrons. The van der Waals surface area contributed by atoms with Crippen molar-refractivity contribution in [2.45, 2.75) is 89.9 Å². The normalized spacial score (nSPS) is 16.4. The summed E-state index contributed by atoms with van der Waals surface area (Å²) in [5, 5.41) is 12.7. The summed E-state index contributed by atoms with van der Waals surface area (Å²) in [4.78, 5) is 39.7. The first-order valence-electron chi connectivity index (χ1n) is 14.0. The van der Waals surface area contributed by atoms with Crippen LogP contribution in [-0.4, -0.2) is 34.7 Å². The van der Waals surface area contributed by atoms with Crippen LogP contribution >= 0.6 is 45.2 Å². The molecule has 10 heteroatoms. The first-order chi connectivity index (χ1) is 19.3. The summed E-state index contributed by atoms with van der Waals surface area (Å²) >= 11 is 3.87. The lowest BCUT2D eigenvalue weighted by Crippen LogP contribution is -2.46. The molecule has 224 valence electrons. The van der Waals surface area contributed by atoms with Crippen LogP contribution in [0.5, 0.6) is 5.75 Å². The lowest BCUT2D eigenvalue weighted by atomic mass is 9.85. The predicted molar refractivity (Wildman–Crippen MR) is 169 cm³/mol. The highest BCUT2D eigenvalue weighted by atomic mass is 127. The summed E-state index contributed by atoms with van der Waals surface area (Å²) in [6, 6.07) is 5.82. The Hall–Kier alpha value is -1.54. The highest BCUT2D eigenvalue weighted by molar-refractivity contribution is 14.1.